The number of nitrogens with zero attached hydrogens (tertiary/aromatic N) is 5. The smallest absolute Gasteiger partial charge is 0.293 e. The molecule has 1 fully saturated rings. The van der Waals surface area contributed by atoms with E-state index in [1.165, 1.54) is 108 Å². The zero-order chi connectivity index (χ0) is 94.8. The fraction of sp³-hybridized carbons (Fsp3) is 0.443. The second-order valence-corrected chi connectivity index (χ2v) is 34.8. The number of amides is 11. The Kier molecular flexibility index (Phi) is 40.0. The van der Waals surface area contributed by atoms with Gasteiger partial charge in [0.15, 0.2) is 17.3 Å². The van der Waals surface area contributed by atoms with Crippen LogP contribution in [0.15, 0.2) is 170 Å². The van der Waals surface area contributed by atoms with Gasteiger partial charge in [-0.1, -0.05) is 167 Å². The van der Waals surface area contributed by atoms with Crippen molar-refractivity contribution in [1.82, 2.24) is 56.1 Å². The summed E-state index contributed by atoms with van der Waals surface area (Å²) in [5, 5.41) is 35.6. The van der Waals surface area contributed by atoms with Crippen LogP contribution in [0.5, 0.6) is 11.5 Å². The Bertz CT molecular complexity index is 5040. The normalized spacial score (nSPS) is 22.2. The highest BCUT2D eigenvalue weighted by Gasteiger charge is 2.43. The molecule has 1 saturated heterocycles. The number of aromatic amines is 1. The maximum Gasteiger partial charge on any atom is 0.293 e. The van der Waals surface area contributed by atoms with Crippen LogP contribution in [0.3, 0.4) is 0 Å². The molecular weight excluding hydrogens is 1690 g/mol. The number of phenols is 2. The largest absolute Gasteiger partial charge is 0.508 e. The number of thioether (sulfide) groups is 1. The zero-order valence-corrected chi connectivity index (χ0v) is 76.2. The molecule has 1 aromatic heterocycles. The second kappa shape index (κ2) is 50.7. The van der Waals surface area contributed by atoms with Crippen molar-refractivity contribution in [2.24, 2.45) is 29.4 Å². The highest BCUT2D eigenvalue weighted by molar-refractivity contribution is 8.00. The van der Waals surface area contributed by atoms with E-state index in [0.29, 0.717) is 57.1 Å². The van der Waals surface area contributed by atoms with Crippen molar-refractivity contribution in [3.05, 3.63) is 203 Å². The third kappa shape index (κ3) is 30.9. The molecule has 0 bridgehead atoms. The van der Waals surface area contributed by atoms with E-state index in [9.17, 15) is 43.8 Å². The molecule has 33 heteroatoms. The first-order valence-electron chi connectivity index (χ1n) is 43.6. The van der Waals surface area contributed by atoms with Gasteiger partial charge in [0, 0.05) is 135 Å². The predicted octanol–water partition coefficient (Wildman–Crippen LogP) is 5.91. The quantitative estimate of drug-likeness (QED) is 0.0284. The Balaban J connectivity index is 1.22. The Morgan fingerprint density at radius 2 is 1.03 bits per heavy atom. The van der Waals surface area contributed by atoms with Gasteiger partial charge >= 0.3 is 0 Å². The number of H-pyrrole nitrogens is 1. The molecule has 32 nitrogen and oxygen atoms in total. The van der Waals surface area contributed by atoms with E-state index >= 15 is 43.2 Å². The summed E-state index contributed by atoms with van der Waals surface area (Å²) in [6, 6.07) is 33.5. The number of unbranched alkanes of at least 4 members (excludes halogenated alkanes) is 1. The predicted molar refractivity (Wildman–Crippen MR) is 488 cm³/mol. The number of hydrogen-bond donors (Lipinski definition) is 9. The number of aromatic hydroxyl groups is 2. The van der Waals surface area contributed by atoms with Gasteiger partial charge in [0.2, 0.25) is 65.0 Å². The zero-order valence-electron chi connectivity index (χ0n) is 75.4. The minimum Gasteiger partial charge on any atom is -0.508 e. The number of Topliss-reactive ketones (excluding diaryl/α,β-unsaturated/α-hetero) is 4. The summed E-state index contributed by atoms with van der Waals surface area (Å²) >= 11 is 0.888. The number of primary amides is 1. The van der Waals surface area contributed by atoms with Crippen LogP contribution in [0, 0.1) is 23.7 Å². The number of ether oxygens (including phenoxy) is 2. The summed E-state index contributed by atoms with van der Waals surface area (Å²) in [5.41, 5.74) is 9.45. The summed E-state index contributed by atoms with van der Waals surface area (Å²) < 4.78 is 10.9. The summed E-state index contributed by atoms with van der Waals surface area (Å²) in [7, 11) is 8.06. The molecule has 6 aromatic carbocycles. The first-order valence-corrected chi connectivity index (χ1v) is 44.8. The monoisotopic (exact) mass is 1810 g/mol. The van der Waals surface area contributed by atoms with E-state index in [1.807, 2.05) is 6.92 Å². The van der Waals surface area contributed by atoms with Crippen molar-refractivity contribution in [2.75, 3.05) is 73.6 Å². The van der Waals surface area contributed by atoms with Gasteiger partial charge < -0.3 is 81.5 Å². The lowest BCUT2D eigenvalue weighted by atomic mass is 9.87. The minimum atomic E-state index is -1.54. The summed E-state index contributed by atoms with van der Waals surface area (Å²) in [6.45, 7) is 5.00. The van der Waals surface area contributed by atoms with Crippen molar-refractivity contribution in [3.8, 4) is 11.5 Å². The van der Waals surface area contributed by atoms with Gasteiger partial charge in [-0.15, -0.1) is 11.8 Å². The molecule has 10 N–H and O–H groups in total. The highest BCUT2D eigenvalue weighted by Crippen LogP contribution is 2.28. The number of methoxy groups -OCH3 is 1. The van der Waals surface area contributed by atoms with Gasteiger partial charge in [-0.05, 0) is 95.8 Å². The number of benzene rings is 6. The molecule has 0 radical (unpaired) electrons. The molecule has 12 atom stereocenters. The van der Waals surface area contributed by atoms with Crippen LogP contribution >= 0.6 is 11.8 Å². The minimum absolute atomic E-state index is 0.0395. The maximum absolute atomic E-state index is 15.6. The van der Waals surface area contributed by atoms with Crippen LogP contribution in [0.4, 0.5) is 0 Å². The van der Waals surface area contributed by atoms with Crippen molar-refractivity contribution >= 4 is 117 Å². The van der Waals surface area contributed by atoms with Gasteiger partial charge in [-0.25, -0.2) is 0 Å². The van der Waals surface area contributed by atoms with Crippen molar-refractivity contribution < 1.29 is 96.4 Å². The van der Waals surface area contributed by atoms with E-state index in [0.717, 1.165) is 26.5 Å². The van der Waals surface area contributed by atoms with Gasteiger partial charge in [0.05, 0.1) is 48.9 Å². The molecule has 696 valence electrons. The van der Waals surface area contributed by atoms with Crippen molar-refractivity contribution in [2.45, 2.75) is 178 Å². The van der Waals surface area contributed by atoms with Crippen LogP contribution < -0.4 is 32.3 Å². The first-order chi connectivity index (χ1) is 62.1. The van der Waals surface area contributed by atoms with Crippen molar-refractivity contribution in [3.63, 3.8) is 0 Å². The summed E-state index contributed by atoms with van der Waals surface area (Å²) in [5.74, 6) is -17.0. The number of carbonyl (C=O) groups is 16. The number of carbonyl (C=O) groups excluding carboxylic acids is 16. The third-order valence-electron chi connectivity index (χ3n) is 23.4. The number of hydrogen-bond acceptors (Lipinski definition) is 21. The number of fused-ring (bicyclic) bond motifs is 1. The van der Waals surface area contributed by atoms with Gasteiger partial charge in [0.25, 0.3) is 6.47 Å². The molecule has 0 saturated carbocycles. The maximum atomic E-state index is 15.6. The SMILES string of the molecule is CCCC[C@H]1C(=O)N(C)CC(=O)C[C@@H](COC=O)C(=O)C[C@@H]([C@@H](C)OC)C(=O)N(C)[C@@H](Cc2ccccc2)C(=O)N[C@@H](Cc2ccc(O)cc2)C(=O)N(C)CC(=O)N[C@@H](Cc2c[nH]c3ccccc23)C(=O)C[C@@H](Cc2ccc(O)cc2)C(=O)N[C@@H](CC(C)C)C(=O)N[C@H](C(=O)CCC(N)=O)CSCC(=O)N[C@@H](Cc2ccccc2)C(=O)N(C)[C@@H](Cc2ccccc2)C(=O)N1C. The Hall–Kier alpha value is -12.9. The molecular formula is C97H122N12O20S. The number of para-hydroxylation sites is 1. The topological polar surface area (TPSA) is 450 Å². The standard InChI is InChI=1S/C97H122N12O20S/c1-11-12-32-81-96(126)105(5)54-72(113)49-69(56-129-59-110)85(115)52-74(61(4)128-10)93(123)108(8)82(47-63-26-18-14-19-27-63)92(122)103-78(46-66-35-39-71(112)40-36-66)94(124)106(6)55-88(118)100-76(50-68-53-99-75-31-23-22-30-73(68)75)86(116)51-67(44-65-33-37-70(111)38-34-65)90(120)102-77(43-60(2)3)91(121)104-80(84(114)41-42-87(98)117)57-130-58-89(119)101-79(45-62-24-16-13-17-25-62)95(125)109(9)83(97(127)107(81)7)48-64-28-20-15-21-29-64/h13-31,33-40,53,59-61,67,69,74,76-83,99,111-112H,11-12,32,41-52,54-58H2,1-10H3,(H2,98,117)(H,100,118)(H,101,119)(H,102,120)(H,103,122)(H,104,121)/t61-,67-,69+,74+,76+,77+,78+,79+,80+,81+,82+,83+/m1/s1. The molecule has 0 aliphatic carbocycles. The van der Waals surface area contributed by atoms with E-state index in [2.05, 4.69) is 31.6 Å². The number of rotatable bonds is 26. The van der Waals surface area contributed by atoms with Gasteiger partial charge in [0.1, 0.15) is 60.1 Å². The summed E-state index contributed by atoms with van der Waals surface area (Å²) in [4.78, 5) is 245. The van der Waals surface area contributed by atoms with E-state index in [-0.39, 0.29) is 81.0 Å². The number of phenolic OH excluding ortho intramolecular Hbond substituents is 2. The molecule has 1 aliphatic heterocycles. The molecule has 1 aliphatic rings. The Morgan fingerprint density at radius 3 is 1.61 bits per heavy atom. The molecule has 130 heavy (non-hydrogen) atoms. The van der Waals surface area contributed by atoms with Crippen LogP contribution in [0.2, 0.25) is 0 Å². The second-order valence-electron chi connectivity index (χ2n) is 33.8. The molecule has 2 heterocycles. The lowest BCUT2D eigenvalue weighted by molar-refractivity contribution is -0.151. The fourth-order valence-electron chi connectivity index (χ4n) is 15.8. The number of nitrogens with two attached hydrogens (primary N) is 1. The number of aromatic nitrogens is 1. The number of ketones is 4. The number of likely N-dealkylation sites (N-methyl/N-ethyl adjacent to an activating group) is 5. The molecule has 8 rings (SSSR count). The average Bonchev–Trinajstić information content (AvgIpc) is 1.56. The molecule has 11 amide bonds. The van der Waals surface area contributed by atoms with E-state index in [1.54, 1.807) is 135 Å². The lowest BCUT2D eigenvalue weighted by Crippen LogP contribution is -2.58. The highest BCUT2D eigenvalue weighted by atomic mass is 32.2. The molecule has 7 aromatic rings. The third-order valence-corrected chi connectivity index (χ3v) is 24.4. The fourth-order valence-corrected chi connectivity index (χ4v) is 16.7. The Morgan fingerprint density at radius 1 is 0.508 bits per heavy atom. The first kappa shape index (κ1) is 102. The molecule has 0 spiro atoms. The summed E-state index contributed by atoms with van der Waals surface area (Å²) in [6.07, 6.45) is -2.18. The average molecular weight is 1810 g/mol. The van der Waals surface area contributed by atoms with Gasteiger partial charge in [-0.3, -0.25) is 76.7 Å². The Labute approximate surface area is 762 Å². The van der Waals surface area contributed by atoms with Gasteiger partial charge in [-0.2, -0.15) is 0 Å². The van der Waals surface area contributed by atoms with Crippen LogP contribution in [0.25, 0.3) is 10.9 Å². The van der Waals surface area contributed by atoms with Crippen LogP contribution in [0.1, 0.15) is 119 Å². The van der Waals surface area contributed by atoms with Crippen molar-refractivity contribution in [1.29, 1.82) is 0 Å². The van der Waals surface area contributed by atoms with Crippen LogP contribution in [-0.4, -0.2) is 262 Å². The molecule has 0 unspecified atom stereocenters. The van der Waals surface area contributed by atoms with E-state index in [4.69, 9.17) is 15.2 Å². The number of nitrogens with one attached hydrogen (secondary N) is 6. The van der Waals surface area contributed by atoms with E-state index < -0.39 is 218 Å². The van der Waals surface area contributed by atoms with Crippen LogP contribution in [-0.2, 0) is 125 Å². The lowest BCUT2D eigenvalue weighted by Gasteiger charge is -2.37.